The fourth-order valence-corrected chi connectivity index (χ4v) is 4.68. The zero-order valence-electron chi connectivity index (χ0n) is 19.7. The van der Waals surface area contributed by atoms with Gasteiger partial charge in [0.1, 0.15) is 17.3 Å². The molecule has 0 amide bonds. The Bertz CT molecular complexity index is 1270. The second-order valence-electron chi connectivity index (χ2n) is 8.74. The number of hydrogen-bond donors (Lipinski definition) is 2. The fourth-order valence-electron chi connectivity index (χ4n) is 4.68. The number of rotatable bonds is 7. The van der Waals surface area contributed by atoms with Gasteiger partial charge in [-0.25, -0.2) is 4.98 Å². The molecule has 1 fully saturated rings. The van der Waals surface area contributed by atoms with E-state index < -0.39 is 6.29 Å². The zero-order valence-corrected chi connectivity index (χ0v) is 19.7. The van der Waals surface area contributed by atoms with Gasteiger partial charge < -0.3 is 19.9 Å². The number of nitrogens with zero attached hydrogens (tertiary/aromatic N) is 5. The van der Waals surface area contributed by atoms with E-state index in [-0.39, 0.29) is 12.1 Å². The average Bonchev–Trinajstić information content (AvgIpc) is 3.47. The number of pyridine rings is 1. The van der Waals surface area contributed by atoms with Gasteiger partial charge in [-0.05, 0) is 37.8 Å². The van der Waals surface area contributed by atoms with E-state index in [1.807, 2.05) is 57.0 Å². The molecule has 9 nitrogen and oxygen atoms in total. The monoisotopic (exact) mass is 462 g/mol. The highest BCUT2D eigenvalue weighted by molar-refractivity contribution is 5.93. The number of aryl methyl sites for hydroxylation is 1. The highest BCUT2D eigenvalue weighted by Crippen LogP contribution is 2.36. The molecule has 2 N–H and O–H groups in total. The lowest BCUT2D eigenvalue weighted by molar-refractivity contribution is -0.0771. The minimum atomic E-state index is -0.946. The van der Waals surface area contributed by atoms with Crippen LogP contribution in [-0.2, 0) is 11.8 Å². The second kappa shape index (κ2) is 9.44. The largest absolute Gasteiger partial charge is 0.490 e. The van der Waals surface area contributed by atoms with Crippen molar-refractivity contribution in [1.29, 1.82) is 0 Å². The van der Waals surface area contributed by atoms with Crippen LogP contribution in [0.3, 0.4) is 0 Å². The van der Waals surface area contributed by atoms with Crippen molar-refractivity contribution in [2.24, 2.45) is 7.05 Å². The SMILES string of the molecule is CNc1cc2c(cn1)c(-c1cnn(C)c1)nn2[C@H]1CC[C@@H](Oc2cccc(C(O)OC)c2)CC1. The van der Waals surface area contributed by atoms with Gasteiger partial charge in [0.25, 0.3) is 0 Å². The Morgan fingerprint density at radius 3 is 2.68 bits per heavy atom. The van der Waals surface area contributed by atoms with Gasteiger partial charge in [-0.1, -0.05) is 12.1 Å². The Morgan fingerprint density at radius 2 is 1.97 bits per heavy atom. The first kappa shape index (κ1) is 22.4. The summed E-state index contributed by atoms with van der Waals surface area (Å²) in [5.41, 5.74) is 3.66. The van der Waals surface area contributed by atoms with Crippen molar-refractivity contribution in [2.45, 2.75) is 44.1 Å². The third kappa shape index (κ3) is 4.36. The molecule has 0 saturated heterocycles. The van der Waals surface area contributed by atoms with Crippen LogP contribution < -0.4 is 10.1 Å². The lowest BCUT2D eigenvalue weighted by Gasteiger charge is -2.29. The standard InChI is InChI=1S/C25H30N6O3/c1-26-23-12-22-21(14-27-23)24(17-13-28-30(2)15-17)29-31(22)18-7-9-19(10-8-18)34-20-6-4-5-16(11-20)25(32)33-3/h4-6,11-15,18-19,25,32H,7-10H2,1-3H3,(H,26,27)/t18-,19+,25?. The van der Waals surface area contributed by atoms with E-state index in [4.69, 9.17) is 14.6 Å². The van der Waals surface area contributed by atoms with Crippen LogP contribution in [0.4, 0.5) is 5.82 Å². The summed E-state index contributed by atoms with van der Waals surface area (Å²) in [6, 6.07) is 9.81. The summed E-state index contributed by atoms with van der Waals surface area (Å²) in [6.45, 7) is 0. The van der Waals surface area contributed by atoms with Crippen LogP contribution >= 0.6 is 0 Å². The zero-order chi connectivity index (χ0) is 23.7. The molecule has 34 heavy (non-hydrogen) atoms. The van der Waals surface area contributed by atoms with Crippen molar-refractivity contribution in [1.82, 2.24) is 24.5 Å². The van der Waals surface area contributed by atoms with Crippen LogP contribution in [0.15, 0.2) is 48.9 Å². The maximum Gasteiger partial charge on any atom is 0.180 e. The maximum absolute atomic E-state index is 9.93. The minimum absolute atomic E-state index is 0.125. The molecule has 0 aliphatic heterocycles. The van der Waals surface area contributed by atoms with Crippen molar-refractivity contribution in [3.63, 3.8) is 0 Å². The number of hydrogen-bond acceptors (Lipinski definition) is 7. The number of ether oxygens (including phenoxy) is 2. The summed E-state index contributed by atoms with van der Waals surface area (Å²) >= 11 is 0. The molecule has 1 saturated carbocycles. The first-order valence-electron chi connectivity index (χ1n) is 11.6. The number of benzene rings is 1. The minimum Gasteiger partial charge on any atom is -0.490 e. The van der Waals surface area contributed by atoms with Crippen LogP contribution in [0.1, 0.15) is 43.6 Å². The summed E-state index contributed by atoms with van der Waals surface area (Å²) in [6.07, 6.45) is 8.68. The summed E-state index contributed by atoms with van der Waals surface area (Å²) < 4.78 is 15.2. The number of aromatic nitrogens is 5. The number of aliphatic hydroxyl groups is 1. The topological polar surface area (TPSA) is 99.3 Å². The Labute approximate surface area is 198 Å². The molecule has 0 spiro atoms. The second-order valence-corrected chi connectivity index (χ2v) is 8.74. The first-order valence-corrected chi connectivity index (χ1v) is 11.6. The van der Waals surface area contributed by atoms with E-state index in [0.29, 0.717) is 5.56 Å². The Morgan fingerprint density at radius 1 is 1.15 bits per heavy atom. The predicted molar refractivity (Wildman–Crippen MR) is 130 cm³/mol. The molecule has 178 valence electrons. The molecule has 5 rings (SSSR count). The average molecular weight is 463 g/mol. The van der Waals surface area contributed by atoms with Crippen molar-refractivity contribution < 1.29 is 14.6 Å². The van der Waals surface area contributed by atoms with Crippen LogP contribution in [0.25, 0.3) is 22.2 Å². The van der Waals surface area contributed by atoms with E-state index in [0.717, 1.165) is 59.4 Å². The lowest BCUT2D eigenvalue weighted by Crippen LogP contribution is -2.26. The van der Waals surface area contributed by atoms with Crippen molar-refractivity contribution in [3.05, 3.63) is 54.5 Å². The summed E-state index contributed by atoms with van der Waals surface area (Å²) in [5, 5.41) is 23.4. The number of anilines is 1. The van der Waals surface area contributed by atoms with Gasteiger partial charge in [0.2, 0.25) is 0 Å². The Balaban J connectivity index is 1.35. The molecule has 1 unspecified atom stereocenters. The number of aliphatic hydroxyl groups excluding tert-OH is 1. The van der Waals surface area contributed by atoms with Crippen LogP contribution in [0, 0.1) is 0 Å². The summed E-state index contributed by atoms with van der Waals surface area (Å²) in [5.74, 6) is 1.58. The Hall–Kier alpha value is -3.43. The van der Waals surface area contributed by atoms with Crippen molar-refractivity contribution in [3.8, 4) is 17.0 Å². The number of fused-ring (bicyclic) bond motifs is 1. The van der Waals surface area contributed by atoms with Gasteiger partial charge in [0.05, 0.1) is 23.9 Å². The normalized spacial score (nSPS) is 19.3. The number of methoxy groups -OCH3 is 1. The molecule has 0 bridgehead atoms. The molecule has 4 aromatic rings. The molecule has 1 atom stereocenters. The van der Waals surface area contributed by atoms with Crippen molar-refractivity contribution in [2.75, 3.05) is 19.5 Å². The van der Waals surface area contributed by atoms with Gasteiger partial charge in [-0.15, -0.1) is 0 Å². The van der Waals surface area contributed by atoms with Gasteiger partial charge >= 0.3 is 0 Å². The highest BCUT2D eigenvalue weighted by Gasteiger charge is 2.27. The van der Waals surface area contributed by atoms with Crippen LogP contribution in [0.2, 0.25) is 0 Å². The molecule has 1 aromatic carbocycles. The molecule has 1 aliphatic rings. The lowest BCUT2D eigenvalue weighted by atomic mass is 9.93. The third-order valence-electron chi connectivity index (χ3n) is 6.49. The Kier molecular flexibility index (Phi) is 6.21. The fraction of sp³-hybridized carbons (Fsp3) is 0.400. The van der Waals surface area contributed by atoms with E-state index in [1.165, 1.54) is 7.11 Å². The van der Waals surface area contributed by atoms with Gasteiger partial charge in [-0.3, -0.25) is 9.36 Å². The molecular weight excluding hydrogens is 432 g/mol. The van der Waals surface area contributed by atoms with Gasteiger partial charge in [-0.2, -0.15) is 10.2 Å². The van der Waals surface area contributed by atoms with Gasteiger partial charge in [0.15, 0.2) is 6.29 Å². The van der Waals surface area contributed by atoms with Gasteiger partial charge in [0, 0.05) is 56.2 Å². The highest BCUT2D eigenvalue weighted by atomic mass is 16.6. The van der Waals surface area contributed by atoms with E-state index in [9.17, 15) is 5.11 Å². The van der Waals surface area contributed by atoms with E-state index >= 15 is 0 Å². The summed E-state index contributed by atoms with van der Waals surface area (Å²) in [4.78, 5) is 4.52. The smallest absolute Gasteiger partial charge is 0.180 e. The summed E-state index contributed by atoms with van der Waals surface area (Å²) in [7, 11) is 5.26. The van der Waals surface area contributed by atoms with Crippen LogP contribution in [-0.4, -0.2) is 49.9 Å². The van der Waals surface area contributed by atoms with E-state index in [1.54, 1.807) is 4.68 Å². The maximum atomic E-state index is 9.93. The quantitative estimate of drug-likeness (QED) is 0.399. The number of nitrogens with one attached hydrogen (secondary N) is 1. The first-order chi connectivity index (χ1) is 16.6. The molecule has 3 aromatic heterocycles. The predicted octanol–water partition coefficient (Wildman–Crippen LogP) is 4.07. The molecule has 0 radical (unpaired) electrons. The van der Waals surface area contributed by atoms with Crippen molar-refractivity contribution >= 4 is 16.7 Å². The molecular formula is C25H30N6O3. The van der Waals surface area contributed by atoms with Crippen LogP contribution in [0.5, 0.6) is 5.75 Å². The molecule has 9 heteroatoms. The molecule has 1 aliphatic carbocycles. The van der Waals surface area contributed by atoms with E-state index in [2.05, 4.69) is 26.1 Å². The molecule has 3 heterocycles. The third-order valence-corrected chi connectivity index (χ3v) is 6.49.